The fourth-order valence-corrected chi connectivity index (χ4v) is 2.30. The summed E-state index contributed by atoms with van der Waals surface area (Å²) >= 11 is 0. The maximum atomic E-state index is 12.4. The maximum absolute atomic E-state index is 12.4. The summed E-state index contributed by atoms with van der Waals surface area (Å²) in [6.45, 7) is 6.96. The third kappa shape index (κ3) is 4.19. The van der Waals surface area contributed by atoms with E-state index in [1.165, 1.54) is 5.56 Å². The Bertz CT molecular complexity index is 580. The summed E-state index contributed by atoms with van der Waals surface area (Å²) in [6.07, 6.45) is 1.04. The Kier molecular flexibility index (Phi) is 5.15. The largest absolute Gasteiger partial charge is 0.494 e. The van der Waals surface area contributed by atoms with Crippen LogP contribution in [0.4, 0.5) is 0 Å². The van der Waals surface area contributed by atoms with E-state index in [1.54, 1.807) is 0 Å². The minimum absolute atomic E-state index is 0.0501. The highest BCUT2D eigenvalue weighted by molar-refractivity contribution is 6.09. The van der Waals surface area contributed by atoms with Crippen LogP contribution in [-0.2, 0) is 6.42 Å². The number of carbonyl (C=O) groups excluding carboxylic acids is 1. The molecule has 0 N–H and O–H groups in total. The van der Waals surface area contributed by atoms with Gasteiger partial charge in [0.25, 0.3) is 0 Å². The molecule has 2 aromatic carbocycles. The summed E-state index contributed by atoms with van der Waals surface area (Å²) in [5.41, 5.74) is 2.69. The molecule has 0 unspecified atom stereocenters. The summed E-state index contributed by atoms with van der Waals surface area (Å²) in [7, 11) is 0. The van der Waals surface area contributed by atoms with Crippen LogP contribution in [0, 0.1) is 5.92 Å². The summed E-state index contributed by atoms with van der Waals surface area (Å²) < 4.78 is 5.39. The smallest absolute Gasteiger partial charge is 0.193 e. The van der Waals surface area contributed by atoms with Crippen molar-refractivity contribution in [1.29, 1.82) is 0 Å². The van der Waals surface area contributed by atoms with Crippen LogP contribution >= 0.6 is 0 Å². The standard InChI is InChI=1S/C19H22O2/c1-4-21-18-11-9-17(10-12-18)19(20)16-7-5-15(6-8-16)13-14(2)3/h5-12,14H,4,13H2,1-3H3. The van der Waals surface area contributed by atoms with Crippen LogP contribution in [0.15, 0.2) is 48.5 Å². The highest BCUT2D eigenvalue weighted by Gasteiger charge is 2.09. The summed E-state index contributed by atoms with van der Waals surface area (Å²) in [6, 6.07) is 15.2. The molecular weight excluding hydrogens is 260 g/mol. The second-order valence-corrected chi connectivity index (χ2v) is 5.58. The number of hydrogen-bond acceptors (Lipinski definition) is 2. The van der Waals surface area contributed by atoms with Crippen molar-refractivity contribution in [3.8, 4) is 5.75 Å². The van der Waals surface area contributed by atoms with Gasteiger partial charge in [-0.2, -0.15) is 0 Å². The molecule has 0 saturated heterocycles. The van der Waals surface area contributed by atoms with Crippen LogP contribution in [0.1, 0.15) is 42.3 Å². The van der Waals surface area contributed by atoms with Gasteiger partial charge < -0.3 is 4.74 Å². The Hall–Kier alpha value is -2.09. The third-order valence-corrected chi connectivity index (χ3v) is 3.29. The van der Waals surface area contributed by atoms with Gasteiger partial charge in [0.05, 0.1) is 6.61 Å². The molecule has 0 saturated carbocycles. The molecular formula is C19H22O2. The van der Waals surface area contributed by atoms with Crippen molar-refractivity contribution in [3.05, 3.63) is 65.2 Å². The van der Waals surface area contributed by atoms with Crippen LogP contribution in [-0.4, -0.2) is 12.4 Å². The molecule has 110 valence electrons. The zero-order chi connectivity index (χ0) is 15.2. The van der Waals surface area contributed by atoms with Crippen molar-refractivity contribution in [2.75, 3.05) is 6.61 Å². The average molecular weight is 282 g/mol. The van der Waals surface area contributed by atoms with Crippen molar-refractivity contribution in [2.24, 2.45) is 5.92 Å². The summed E-state index contributed by atoms with van der Waals surface area (Å²) in [5, 5.41) is 0. The van der Waals surface area contributed by atoms with Gasteiger partial charge in [-0.25, -0.2) is 0 Å². The molecule has 0 aliphatic rings. The molecule has 0 spiro atoms. The fourth-order valence-electron chi connectivity index (χ4n) is 2.30. The monoisotopic (exact) mass is 282 g/mol. The normalized spacial score (nSPS) is 10.7. The Morgan fingerprint density at radius 3 is 1.95 bits per heavy atom. The Labute approximate surface area is 126 Å². The van der Waals surface area contributed by atoms with Gasteiger partial charge in [0.2, 0.25) is 0 Å². The topological polar surface area (TPSA) is 26.3 Å². The Morgan fingerprint density at radius 1 is 0.952 bits per heavy atom. The van der Waals surface area contributed by atoms with E-state index in [0.717, 1.165) is 17.7 Å². The van der Waals surface area contributed by atoms with Crippen molar-refractivity contribution in [3.63, 3.8) is 0 Å². The van der Waals surface area contributed by atoms with Crippen molar-refractivity contribution in [1.82, 2.24) is 0 Å². The van der Waals surface area contributed by atoms with Gasteiger partial charge >= 0.3 is 0 Å². The molecule has 0 heterocycles. The molecule has 0 aliphatic heterocycles. The van der Waals surface area contributed by atoms with E-state index in [0.29, 0.717) is 18.1 Å². The number of hydrogen-bond donors (Lipinski definition) is 0. The highest BCUT2D eigenvalue weighted by Crippen LogP contribution is 2.17. The zero-order valence-corrected chi connectivity index (χ0v) is 12.9. The Morgan fingerprint density at radius 2 is 1.48 bits per heavy atom. The molecule has 21 heavy (non-hydrogen) atoms. The molecule has 0 radical (unpaired) electrons. The number of ether oxygens (including phenoxy) is 1. The predicted octanol–water partition coefficient (Wildman–Crippen LogP) is 4.51. The molecule has 0 atom stereocenters. The van der Waals surface area contributed by atoms with Crippen molar-refractivity contribution >= 4 is 5.78 Å². The van der Waals surface area contributed by atoms with Crippen LogP contribution in [0.5, 0.6) is 5.75 Å². The lowest BCUT2D eigenvalue weighted by atomic mass is 9.98. The van der Waals surface area contributed by atoms with Crippen LogP contribution < -0.4 is 4.74 Å². The molecule has 2 rings (SSSR count). The van der Waals surface area contributed by atoms with E-state index in [2.05, 4.69) is 13.8 Å². The number of benzene rings is 2. The molecule has 0 bridgehead atoms. The van der Waals surface area contributed by atoms with Gasteiger partial charge in [-0.3, -0.25) is 4.79 Å². The van der Waals surface area contributed by atoms with Gasteiger partial charge in [0.15, 0.2) is 5.78 Å². The van der Waals surface area contributed by atoms with Crippen molar-refractivity contribution < 1.29 is 9.53 Å². The van der Waals surface area contributed by atoms with E-state index in [1.807, 2.05) is 55.5 Å². The first kappa shape index (κ1) is 15.3. The van der Waals surface area contributed by atoms with Crippen LogP contribution in [0.25, 0.3) is 0 Å². The molecule has 0 amide bonds. The van der Waals surface area contributed by atoms with E-state index in [-0.39, 0.29) is 5.78 Å². The average Bonchev–Trinajstić information content (AvgIpc) is 2.48. The quantitative estimate of drug-likeness (QED) is 0.728. The minimum atomic E-state index is 0.0501. The first-order valence-corrected chi connectivity index (χ1v) is 7.46. The SMILES string of the molecule is CCOc1ccc(C(=O)c2ccc(CC(C)C)cc2)cc1. The molecule has 0 fully saturated rings. The maximum Gasteiger partial charge on any atom is 0.193 e. The number of rotatable bonds is 6. The van der Waals surface area contributed by atoms with Gasteiger partial charge in [-0.15, -0.1) is 0 Å². The van der Waals surface area contributed by atoms with Gasteiger partial charge in [-0.1, -0.05) is 38.1 Å². The van der Waals surface area contributed by atoms with Gasteiger partial charge in [-0.05, 0) is 49.1 Å². The first-order chi connectivity index (χ1) is 10.1. The molecule has 2 aromatic rings. The second-order valence-electron chi connectivity index (χ2n) is 5.58. The van der Waals surface area contributed by atoms with Gasteiger partial charge in [0.1, 0.15) is 5.75 Å². The van der Waals surface area contributed by atoms with Crippen LogP contribution in [0.3, 0.4) is 0 Å². The third-order valence-electron chi connectivity index (χ3n) is 3.29. The predicted molar refractivity (Wildman–Crippen MR) is 86.0 cm³/mol. The molecule has 0 aromatic heterocycles. The lowest BCUT2D eigenvalue weighted by Gasteiger charge is -2.07. The lowest BCUT2D eigenvalue weighted by molar-refractivity contribution is 0.103. The number of ketones is 1. The van der Waals surface area contributed by atoms with Crippen LogP contribution in [0.2, 0.25) is 0 Å². The first-order valence-electron chi connectivity index (χ1n) is 7.46. The van der Waals surface area contributed by atoms with Crippen molar-refractivity contribution in [2.45, 2.75) is 27.2 Å². The molecule has 2 nitrogen and oxygen atoms in total. The molecule has 0 aliphatic carbocycles. The van der Waals surface area contributed by atoms with E-state index >= 15 is 0 Å². The van der Waals surface area contributed by atoms with E-state index in [4.69, 9.17) is 4.74 Å². The van der Waals surface area contributed by atoms with E-state index < -0.39 is 0 Å². The zero-order valence-electron chi connectivity index (χ0n) is 12.9. The highest BCUT2D eigenvalue weighted by atomic mass is 16.5. The second kappa shape index (κ2) is 7.07. The lowest BCUT2D eigenvalue weighted by Crippen LogP contribution is -2.02. The van der Waals surface area contributed by atoms with E-state index in [9.17, 15) is 4.79 Å². The summed E-state index contributed by atoms with van der Waals surface area (Å²) in [4.78, 5) is 12.4. The van der Waals surface area contributed by atoms with Gasteiger partial charge in [0, 0.05) is 11.1 Å². The summed E-state index contributed by atoms with van der Waals surface area (Å²) in [5.74, 6) is 1.47. The number of carbonyl (C=O) groups is 1. The minimum Gasteiger partial charge on any atom is -0.494 e. The Balaban J connectivity index is 2.12. The fraction of sp³-hybridized carbons (Fsp3) is 0.316. The molecule has 2 heteroatoms.